The fourth-order valence-corrected chi connectivity index (χ4v) is 2.37. The number of benzene rings is 1. The molecule has 1 aromatic heterocycles. The van der Waals surface area contributed by atoms with E-state index in [-0.39, 0.29) is 0 Å². The Morgan fingerprint density at radius 1 is 1.27 bits per heavy atom. The Morgan fingerprint density at radius 3 is 2.73 bits per heavy atom. The molecule has 0 fully saturated rings. The zero-order valence-corrected chi connectivity index (χ0v) is 14.1. The summed E-state index contributed by atoms with van der Waals surface area (Å²) < 4.78 is 10.4. The van der Waals surface area contributed by atoms with Gasteiger partial charge < -0.3 is 14.2 Å². The van der Waals surface area contributed by atoms with Gasteiger partial charge in [0, 0.05) is 25.3 Å². The Hall–Kier alpha value is -1.88. The second-order valence-corrected chi connectivity index (χ2v) is 5.86. The Balaban J connectivity index is 2.18. The number of aryl methyl sites for hydroxylation is 2. The van der Waals surface area contributed by atoms with E-state index in [4.69, 9.17) is 9.26 Å². The Labute approximate surface area is 132 Å². The van der Waals surface area contributed by atoms with Crippen LogP contribution in [0.25, 0.3) is 0 Å². The second kappa shape index (κ2) is 7.40. The molecule has 0 atom stereocenters. The molecule has 22 heavy (non-hydrogen) atoms. The summed E-state index contributed by atoms with van der Waals surface area (Å²) in [6, 6.07) is 6.83. The largest absolute Gasteiger partial charge is 0.384 e. The number of rotatable bonds is 7. The van der Waals surface area contributed by atoms with Gasteiger partial charge in [-0.15, -0.1) is 0 Å². The summed E-state index contributed by atoms with van der Waals surface area (Å²) in [5.74, 6) is 1.34. The zero-order valence-electron chi connectivity index (χ0n) is 14.1. The predicted octanol–water partition coefficient (Wildman–Crippen LogP) is 3.29. The highest BCUT2D eigenvalue weighted by Gasteiger charge is 2.17. The second-order valence-electron chi connectivity index (χ2n) is 5.86. The van der Waals surface area contributed by atoms with Crippen LogP contribution in [-0.2, 0) is 17.7 Å². The SMILES string of the molecule is COCCc1noc(CN(c2cc(C)ccc2C)C(C)C)n1. The molecule has 5 nitrogen and oxygen atoms in total. The highest BCUT2D eigenvalue weighted by molar-refractivity contribution is 5.55. The minimum atomic E-state index is 0.342. The van der Waals surface area contributed by atoms with Gasteiger partial charge in [-0.2, -0.15) is 4.98 Å². The first-order chi connectivity index (χ1) is 10.5. The van der Waals surface area contributed by atoms with Crippen molar-refractivity contribution in [3.8, 4) is 0 Å². The van der Waals surface area contributed by atoms with Gasteiger partial charge in [0.05, 0.1) is 13.2 Å². The molecule has 1 aromatic carbocycles. The van der Waals surface area contributed by atoms with Gasteiger partial charge in [-0.3, -0.25) is 0 Å². The smallest absolute Gasteiger partial charge is 0.246 e. The highest BCUT2D eigenvalue weighted by Crippen LogP contribution is 2.25. The van der Waals surface area contributed by atoms with Crippen LogP contribution < -0.4 is 4.90 Å². The number of anilines is 1. The third-order valence-electron chi connectivity index (χ3n) is 3.64. The molecule has 0 aliphatic heterocycles. The average Bonchev–Trinajstić information content (AvgIpc) is 2.93. The lowest BCUT2D eigenvalue weighted by molar-refractivity contribution is 0.199. The van der Waals surface area contributed by atoms with Crippen molar-refractivity contribution >= 4 is 5.69 Å². The Bertz CT molecular complexity index is 608. The molecule has 120 valence electrons. The molecule has 2 rings (SSSR count). The monoisotopic (exact) mass is 303 g/mol. The number of hydrogen-bond donors (Lipinski definition) is 0. The summed E-state index contributed by atoms with van der Waals surface area (Å²) in [4.78, 5) is 6.74. The van der Waals surface area contributed by atoms with Crippen LogP contribution in [0.15, 0.2) is 22.7 Å². The molecule has 0 bridgehead atoms. The van der Waals surface area contributed by atoms with Gasteiger partial charge in [-0.25, -0.2) is 0 Å². The topological polar surface area (TPSA) is 51.4 Å². The lowest BCUT2D eigenvalue weighted by atomic mass is 10.1. The van der Waals surface area contributed by atoms with Crippen molar-refractivity contribution in [1.82, 2.24) is 10.1 Å². The van der Waals surface area contributed by atoms with Crippen molar-refractivity contribution in [3.63, 3.8) is 0 Å². The van der Waals surface area contributed by atoms with E-state index in [2.05, 4.69) is 60.9 Å². The fourth-order valence-electron chi connectivity index (χ4n) is 2.37. The van der Waals surface area contributed by atoms with E-state index in [1.54, 1.807) is 7.11 Å². The van der Waals surface area contributed by atoms with E-state index >= 15 is 0 Å². The first-order valence-electron chi connectivity index (χ1n) is 7.65. The van der Waals surface area contributed by atoms with E-state index in [0.29, 0.717) is 37.3 Å². The Kier molecular flexibility index (Phi) is 5.55. The molecule has 0 N–H and O–H groups in total. The molecule has 0 radical (unpaired) electrons. The van der Waals surface area contributed by atoms with Crippen LogP contribution in [0.4, 0.5) is 5.69 Å². The average molecular weight is 303 g/mol. The molecule has 5 heteroatoms. The normalized spacial score (nSPS) is 11.2. The van der Waals surface area contributed by atoms with Gasteiger partial charge in [0.25, 0.3) is 0 Å². The van der Waals surface area contributed by atoms with Crippen LogP contribution in [0.3, 0.4) is 0 Å². The maximum atomic E-state index is 5.38. The summed E-state index contributed by atoms with van der Waals surface area (Å²) in [5, 5.41) is 4.01. The van der Waals surface area contributed by atoms with Gasteiger partial charge in [0.15, 0.2) is 5.82 Å². The standard InChI is InChI=1S/C17H25N3O2/c1-12(2)20(15-10-13(3)6-7-14(15)4)11-17-18-16(19-22-17)8-9-21-5/h6-7,10,12H,8-9,11H2,1-5H3. The number of methoxy groups -OCH3 is 1. The molecule has 0 unspecified atom stereocenters. The van der Waals surface area contributed by atoms with E-state index in [0.717, 1.165) is 0 Å². The van der Waals surface area contributed by atoms with Gasteiger partial charge in [0.1, 0.15) is 0 Å². The van der Waals surface area contributed by atoms with E-state index in [1.165, 1.54) is 16.8 Å². The fraction of sp³-hybridized carbons (Fsp3) is 0.529. The van der Waals surface area contributed by atoms with E-state index < -0.39 is 0 Å². The predicted molar refractivity (Wildman–Crippen MR) is 87.1 cm³/mol. The van der Waals surface area contributed by atoms with E-state index in [9.17, 15) is 0 Å². The van der Waals surface area contributed by atoms with Gasteiger partial charge >= 0.3 is 0 Å². The summed E-state index contributed by atoms with van der Waals surface area (Å²) in [6.07, 6.45) is 0.672. The summed E-state index contributed by atoms with van der Waals surface area (Å²) >= 11 is 0. The van der Waals surface area contributed by atoms with Crippen molar-refractivity contribution in [2.45, 2.75) is 46.7 Å². The van der Waals surface area contributed by atoms with Crippen molar-refractivity contribution in [2.75, 3.05) is 18.6 Å². The maximum Gasteiger partial charge on any atom is 0.246 e. The Morgan fingerprint density at radius 2 is 2.05 bits per heavy atom. The van der Waals surface area contributed by atoms with Crippen LogP contribution in [0.1, 0.15) is 36.7 Å². The van der Waals surface area contributed by atoms with Crippen molar-refractivity contribution in [3.05, 3.63) is 41.0 Å². The molecule has 2 aromatic rings. The molecular formula is C17H25N3O2. The molecule has 0 saturated carbocycles. The van der Waals surface area contributed by atoms with Gasteiger partial charge in [-0.1, -0.05) is 17.3 Å². The van der Waals surface area contributed by atoms with Crippen molar-refractivity contribution < 1.29 is 9.26 Å². The van der Waals surface area contributed by atoms with Crippen LogP contribution in [0.5, 0.6) is 0 Å². The molecule has 1 heterocycles. The summed E-state index contributed by atoms with van der Waals surface area (Å²) in [7, 11) is 1.67. The molecular weight excluding hydrogens is 278 g/mol. The first kappa shape index (κ1) is 16.5. The van der Waals surface area contributed by atoms with Crippen LogP contribution in [-0.4, -0.2) is 29.9 Å². The van der Waals surface area contributed by atoms with E-state index in [1.807, 2.05) is 0 Å². The minimum absolute atomic E-state index is 0.342. The van der Waals surface area contributed by atoms with Crippen molar-refractivity contribution in [2.24, 2.45) is 0 Å². The van der Waals surface area contributed by atoms with Crippen molar-refractivity contribution in [1.29, 1.82) is 0 Å². The lowest BCUT2D eigenvalue weighted by Crippen LogP contribution is -2.31. The van der Waals surface area contributed by atoms with Gasteiger partial charge in [0.2, 0.25) is 5.89 Å². The van der Waals surface area contributed by atoms with Crippen LogP contribution in [0, 0.1) is 13.8 Å². The van der Waals surface area contributed by atoms with Crippen LogP contribution in [0.2, 0.25) is 0 Å². The number of nitrogens with zero attached hydrogens (tertiary/aromatic N) is 3. The number of ether oxygens (including phenoxy) is 1. The number of hydrogen-bond acceptors (Lipinski definition) is 5. The molecule has 0 saturated heterocycles. The van der Waals surface area contributed by atoms with Gasteiger partial charge in [-0.05, 0) is 44.9 Å². The molecule has 0 spiro atoms. The molecule has 0 aliphatic rings. The third kappa shape index (κ3) is 4.07. The zero-order chi connectivity index (χ0) is 16.1. The molecule has 0 amide bonds. The molecule has 0 aliphatic carbocycles. The lowest BCUT2D eigenvalue weighted by Gasteiger charge is -2.29. The summed E-state index contributed by atoms with van der Waals surface area (Å²) in [6.45, 7) is 9.79. The highest BCUT2D eigenvalue weighted by atomic mass is 16.5. The maximum absolute atomic E-state index is 5.38. The first-order valence-corrected chi connectivity index (χ1v) is 7.65. The minimum Gasteiger partial charge on any atom is -0.384 e. The summed E-state index contributed by atoms with van der Waals surface area (Å²) in [5.41, 5.74) is 3.71. The van der Waals surface area contributed by atoms with Crippen LogP contribution >= 0.6 is 0 Å². The number of aromatic nitrogens is 2. The quantitative estimate of drug-likeness (QED) is 0.785. The third-order valence-corrected chi connectivity index (χ3v) is 3.64.